The van der Waals surface area contributed by atoms with Crippen LogP contribution in [0.3, 0.4) is 0 Å². The molecule has 3 aromatic rings. The van der Waals surface area contributed by atoms with Gasteiger partial charge in [-0.1, -0.05) is 23.2 Å². The summed E-state index contributed by atoms with van der Waals surface area (Å²) >= 11 is 12.5. The molecule has 0 radical (unpaired) electrons. The van der Waals surface area contributed by atoms with Crippen molar-refractivity contribution in [1.82, 2.24) is 25.2 Å². The van der Waals surface area contributed by atoms with Crippen LogP contribution >= 0.6 is 23.2 Å². The number of H-pyrrole nitrogens is 1. The monoisotopic (exact) mass is 559 g/mol. The standard InChI is InChI=1S/C27H31Cl2N5O4/c1-16(24-31-22-10-8-18(28)13-23(22)32-24)30-25(36)17-7-9-20(21(29)12-17)26(37)34-11-5-6-19(34)14-33(15-35)38-27(2,3)4/h7-10,12-13,15-16,19H,5-6,11,14H2,1-4H3,(H,30,36)(H,31,32)/t16-,19+/m0/s1. The number of hydrogen-bond acceptors (Lipinski definition) is 5. The fourth-order valence-electron chi connectivity index (χ4n) is 4.49. The molecule has 1 aromatic heterocycles. The third-order valence-corrected chi connectivity index (χ3v) is 6.77. The molecular formula is C27H31Cl2N5O4. The van der Waals surface area contributed by atoms with Crippen LogP contribution in [0.2, 0.25) is 10.0 Å². The SMILES string of the molecule is C[C@H](NC(=O)c1ccc(C(=O)N2CCC[C@@H]2CN(C=O)OC(C)(C)C)c(Cl)c1)c1nc2cc(Cl)ccc2[nH]1. The molecule has 1 aliphatic heterocycles. The van der Waals surface area contributed by atoms with Crippen LogP contribution in [0.5, 0.6) is 0 Å². The second-order valence-corrected chi connectivity index (χ2v) is 11.2. The number of carbonyl (C=O) groups excluding carboxylic acids is 3. The minimum atomic E-state index is -0.538. The normalized spacial score (nSPS) is 16.5. The number of likely N-dealkylation sites (tertiary alicyclic amines) is 1. The summed E-state index contributed by atoms with van der Waals surface area (Å²) in [6.45, 7) is 8.18. The van der Waals surface area contributed by atoms with E-state index in [1.54, 1.807) is 29.2 Å². The Kier molecular flexibility index (Phi) is 8.30. The Morgan fingerprint density at radius 3 is 2.71 bits per heavy atom. The molecule has 2 N–H and O–H groups in total. The van der Waals surface area contributed by atoms with Gasteiger partial charge in [0.15, 0.2) is 0 Å². The van der Waals surface area contributed by atoms with Crippen molar-refractivity contribution in [2.75, 3.05) is 13.1 Å². The summed E-state index contributed by atoms with van der Waals surface area (Å²) in [6.07, 6.45) is 2.18. The van der Waals surface area contributed by atoms with Crippen LogP contribution < -0.4 is 5.32 Å². The van der Waals surface area contributed by atoms with E-state index in [1.165, 1.54) is 11.1 Å². The van der Waals surface area contributed by atoms with Gasteiger partial charge in [0.05, 0.1) is 45.8 Å². The number of rotatable bonds is 8. The van der Waals surface area contributed by atoms with Crippen molar-refractivity contribution >= 4 is 52.5 Å². The van der Waals surface area contributed by atoms with Gasteiger partial charge in [-0.25, -0.2) is 10.0 Å². The molecule has 0 spiro atoms. The van der Waals surface area contributed by atoms with Crippen LogP contribution in [0.1, 0.15) is 73.1 Å². The zero-order valence-electron chi connectivity index (χ0n) is 21.8. The van der Waals surface area contributed by atoms with Gasteiger partial charge in [0.1, 0.15) is 5.82 Å². The molecule has 1 aliphatic rings. The summed E-state index contributed by atoms with van der Waals surface area (Å²) in [7, 11) is 0. The molecule has 9 nitrogen and oxygen atoms in total. The van der Waals surface area contributed by atoms with Crippen molar-refractivity contribution in [2.45, 2.75) is 58.2 Å². The number of aromatic nitrogens is 2. The lowest BCUT2D eigenvalue weighted by molar-refractivity contribution is -0.219. The maximum atomic E-state index is 13.4. The molecule has 2 atom stereocenters. The van der Waals surface area contributed by atoms with Gasteiger partial charge in [0, 0.05) is 17.1 Å². The Hall–Kier alpha value is -3.14. The minimum Gasteiger partial charge on any atom is -0.342 e. The molecule has 11 heteroatoms. The largest absolute Gasteiger partial charge is 0.342 e. The molecular weight excluding hydrogens is 529 g/mol. The van der Waals surface area contributed by atoms with Crippen LogP contribution in [-0.2, 0) is 9.63 Å². The molecule has 1 saturated heterocycles. The van der Waals surface area contributed by atoms with Crippen molar-refractivity contribution < 1.29 is 19.2 Å². The van der Waals surface area contributed by atoms with Crippen LogP contribution in [0.15, 0.2) is 36.4 Å². The summed E-state index contributed by atoms with van der Waals surface area (Å²) in [4.78, 5) is 52.9. The van der Waals surface area contributed by atoms with E-state index in [-0.39, 0.29) is 29.4 Å². The first-order valence-corrected chi connectivity index (χ1v) is 13.2. The van der Waals surface area contributed by atoms with E-state index < -0.39 is 11.6 Å². The summed E-state index contributed by atoms with van der Waals surface area (Å²) in [5.41, 5.74) is 1.61. The highest BCUT2D eigenvalue weighted by Gasteiger charge is 2.33. The zero-order valence-corrected chi connectivity index (χ0v) is 23.3. The fraction of sp³-hybridized carbons (Fsp3) is 0.407. The summed E-state index contributed by atoms with van der Waals surface area (Å²) in [6, 6.07) is 9.36. The molecule has 38 heavy (non-hydrogen) atoms. The number of benzene rings is 2. The van der Waals surface area contributed by atoms with Crippen LogP contribution in [0.25, 0.3) is 11.0 Å². The fourth-order valence-corrected chi connectivity index (χ4v) is 4.92. The molecule has 1 fully saturated rings. The highest BCUT2D eigenvalue weighted by atomic mass is 35.5. The number of imidazole rings is 1. The van der Waals surface area contributed by atoms with Crippen molar-refractivity contribution in [2.24, 2.45) is 0 Å². The Balaban J connectivity index is 1.43. The number of nitrogens with zero attached hydrogens (tertiary/aromatic N) is 3. The predicted octanol–water partition coefficient (Wildman–Crippen LogP) is 5.15. The van der Waals surface area contributed by atoms with Crippen molar-refractivity contribution in [3.63, 3.8) is 0 Å². The van der Waals surface area contributed by atoms with E-state index in [2.05, 4.69) is 15.3 Å². The van der Waals surface area contributed by atoms with Gasteiger partial charge in [0.25, 0.3) is 11.8 Å². The first-order valence-electron chi connectivity index (χ1n) is 12.4. The van der Waals surface area contributed by atoms with E-state index in [4.69, 9.17) is 28.0 Å². The maximum absolute atomic E-state index is 13.4. The number of aromatic amines is 1. The predicted molar refractivity (Wildman–Crippen MR) is 146 cm³/mol. The molecule has 0 bridgehead atoms. The van der Waals surface area contributed by atoms with Crippen molar-refractivity contribution in [1.29, 1.82) is 0 Å². The highest BCUT2D eigenvalue weighted by molar-refractivity contribution is 6.34. The zero-order chi connectivity index (χ0) is 27.6. The summed E-state index contributed by atoms with van der Waals surface area (Å²) in [5.74, 6) is -0.00865. The molecule has 3 amide bonds. The van der Waals surface area contributed by atoms with Crippen LogP contribution in [0.4, 0.5) is 0 Å². The average molecular weight is 560 g/mol. The quantitative estimate of drug-likeness (QED) is 0.293. The number of nitrogens with one attached hydrogen (secondary N) is 2. The second kappa shape index (κ2) is 11.3. The molecule has 2 aromatic carbocycles. The number of amides is 3. The van der Waals surface area contributed by atoms with Gasteiger partial charge in [-0.3, -0.25) is 19.2 Å². The van der Waals surface area contributed by atoms with E-state index in [0.29, 0.717) is 40.4 Å². The van der Waals surface area contributed by atoms with Gasteiger partial charge >= 0.3 is 0 Å². The number of carbonyl (C=O) groups is 3. The number of halogens is 2. The average Bonchev–Trinajstić information content (AvgIpc) is 3.49. The van der Waals surface area contributed by atoms with E-state index in [0.717, 1.165) is 18.4 Å². The molecule has 2 heterocycles. The van der Waals surface area contributed by atoms with Crippen molar-refractivity contribution in [3.8, 4) is 0 Å². The Bertz CT molecular complexity index is 1350. The Morgan fingerprint density at radius 1 is 1.26 bits per heavy atom. The first kappa shape index (κ1) is 27.9. The van der Waals surface area contributed by atoms with Crippen LogP contribution in [0, 0.1) is 0 Å². The van der Waals surface area contributed by atoms with E-state index >= 15 is 0 Å². The third-order valence-electron chi connectivity index (χ3n) is 6.22. The Morgan fingerprint density at radius 2 is 2.03 bits per heavy atom. The molecule has 0 saturated carbocycles. The van der Waals surface area contributed by atoms with Gasteiger partial charge < -0.3 is 15.2 Å². The second-order valence-electron chi connectivity index (χ2n) is 10.4. The smallest absolute Gasteiger partial charge is 0.255 e. The van der Waals surface area contributed by atoms with Crippen molar-refractivity contribution in [3.05, 3.63) is 63.4 Å². The molecule has 202 valence electrons. The molecule has 4 rings (SSSR count). The Labute approximate surface area is 231 Å². The lowest BCUT2D eigenvalue weighted by atomic mass is 10.1. The number of hydroxylamine groups is 2. The number of hydrogen-bond donors (Lipinski definition) is 2. The highest BCUT2D eigenvalue weighted by Crippen LogP contribution is 2.26. The third kappa shape index (κ3) is 6.46. The number of fused-ring (bicyclic) bond motifs is 1. The van der Waals surface area contributed by atoms with E-state index in [9.17, 15) is 14.4 Å². The van der Waals surface area contributed by atoms with Gasteiger partial charge in [-0.05, 0) is 76.9 Å². The lowest BCUT2D eigenvalue weighted by Crippen LogP contribution is -2.45. The summed E-state index contributed by atoms with van der Waals surface area (Å²) < 4.78 is 0. The molecule has 0 unspecified atom stereocenters. The topological polar surface area (TPSA) is 108 Å². The van der Waals surface area contributed by atoms with Gasteiger partial charge in [-0.2, -0.15) is 0 Å². The lowest BCUT2D eigenvalue weighted by Gasteiger charge is -2.32. The van der Waals surface area contributed by atoms with Crippen LogP contribution in [-0.4, -0.2) is 62.9 Å². The summed E-state index contributed by atoms with van der Waals surface area (Å²) in [5, 5.41) is 4.90. The maximum Gasteiger partial charge on any atom is 0.255 e. The molecule has 0 aliphatic carbocycles. The van der Waals surface area contributed by atoms with Gasteiger partial charge in [-0.15, -0.1) is 0 Å². The van der Waals surface area contributed by atoms with E-state index in [1.807, 2.05) is 33.8 Å². The minimum absolute atomic E-state index is 0.178. The van der Waals surface area contributed by atoms with Gasteiger partial charge in [0.2, 0.25) is 6.41 Å². The first-order chi connectivity index (χ1) is 17.9.